The van der Waals surface area contributed by atoms with Gasteiger partial charge in [0.15, 0.2) is 0 Å². The highest BCUT2D eigenvalue weighted by molar-refractivity contribution is 5.97. The van der Waals surface area contributed by atoms with Crippen LogP contribution in [-0.4, -0.2) is 55.0 Å². The summed E-state index contributed by atoms with van der Waals surface area (Å²) in [5.41, 5.74) is 6.27. The lowest BCUT2D eigenvalue weighted by Crippen LogP contribution is -2.45. The molecule has 28 heavy (non-hydrogen) atoms. The molecule has 0 aliphatic rings. The molecule has 0 saturated heterocycles. The normalized spacial score (nSPS) is 11.1. The Balaban J connectivity index is 2.61. The molecular weight excluding hydrogens is 366 g/mol. The van der Waals surface area contributed by atoms with Gasteiger partial charge in [0.2, 0.25) is 11.8 Å². The topological polar surface area (TPSA) is 143 Å². The van der Waals surface area contributed by atoms with E-state index in [4.69, 9.17) is 10.5 Å². The van der Waals surface area contributed by atoms with Crippen LogP contribution >= 0.6 is 0 Å². The molecule has 0 aliphatic heterocycles. The summed E-state index contributed by atoms with van der Waals surface area (Å²) in [5, 5.41) is 7.59. The minimum atomic E-state index is -0.824. The molecule has 0 unspecified atom stereocenters. The maximum atomic E-state index is 12.4. The molecule has 5 amide bonds. The molecule has 10 heteroatoms. The second kappa shape index (κ2) is 11.4. The van der Waals surface area contributed by atoms with Gasteiger partial charge in [-0.3, -0.25) is 9.59 Å². The summed E-state index contributed by atoms with van der Waals surface area (Å²) in [6, 6.07) is 5.24. The number of carbonyl (C=O) groups is 4. The monoisotopic (exact) mass is 393 g/mol. The number of benzene rings is 1. The summed E-state index contributed by atoms with van der Waals surface area (Å²) >= 11 is 0. The smallest absolute Gasteiger partial charge is 0.409 e. The molecule has 0 bridgehead atoms. The summed E-state index contributed by atoms with van der Waals surface area (Å²) in [6.45, 7) is 3.95. The third kappa shape index (κ3) is 8.39. The van der Waals surface area contributed by atoms with Crippen molar-refractivity contribution in [2.24, 2.45) is 5.73 Å². The van der Waals surface area contributed by atoms with Crippen molar-refractivity contribution < 1.29 is 23.9 Å². The number of hydrogen-bond acceptors (Lipinski definition) is 5. The second-order valence-electron chi connectivity index (χ2n) is 6.09. The van der Waals surface area contributed by atoms with E-state index < -0.39 is 24.1 Å². The highest BCUT2D eigenvalue weighted by atomic mass is 16.6. The number of nitrogens with zero attached hydrogens (tertiary/aromatic N) is 1. The molecule has 0 radical (unpaired) electrons. The summed E-state index contributed by atoms with van der Waals surface area (Å²) in [6.07, 6.45) is -0.226. The van der Waals surface area contributed by atoms with Gasteiger partial charge >= 0.3 is 12.1 Å². The number of carbonyl (C=O) groups excluding carboxylic acids is 4. The Morgan fingerprint density at radius 2 is 1.82 bits per heavy atom. The Morgan fingerprint density at radius 1 is 1.18 bits per heavy atom. The summed E-state index contributed by atoms with van der Waals surface area (Å²) in [4.78, 5) is 47.5. The molecule has 1 atom stereocenters. The number of primary amides is 1. The predicted octanol–water partition coefficient (Wildman–Crippen LogP) is 0.777. The van der Waals surface area contributed by atoms with Crippen molar-refractivity contribution in [3.8, 4) is 0 Å². The van der Waals surface area contributed by atoms with E-state index in [9.17, 15) is 19.2 Å². The Bertz CT molecular complexity index is 692. The SMILES string of the molecule is CCN(C)C(=O)OCc1ccc(NC(=O)[C@H](CCNC(N)=O)NC(C)=O)cc1. The van der Waals surface area contributed by atoms with Gasteiger partial charge in [0.1, 0.15) is 12.6 Å². The van der Waals surface area contributed by atoms with E-state index in [2.05, 4.69) is 16.0 Å². The summed E-state index contributed by atoms with van der Waals surface area (Å²) in [7, 11) is 1.64. The van der Waals surface area contributed by atoms with Crippen molar-refractivity contribution in [1.82, 2.24) is 15.5 Å². The van der Waals surface area contributed by atoms with Gasteiger partial charge in [-0.2, -0.15) is 0 Å². The van der Waals surface area contributed by atoms with Gasteiger partial charge in [0.25, 0.3) is 0 Å². The van der Waals surface area contributed by atoms with Gasteiger partial charge in [-0.1, -0.05) is 12.1 Å². The first kappa shape index (κ1) is 22.7. The quantitative estimate of drug-likeness (QED) is 0.490. The molecule has 5 N–H and O–H groups in total. The number of nitrogens with two attached hydrogens (primary N) is 1. The first-order valence-corrected chi connectivity index (χ1v) is 8.81. The minimum absolute atomic E-state index is 0.116. The van der Waals surface area contributed by atoms with Crippen LogP contribution in [-0.2, 0) is 20.9 Å². The minimum Gasteiger partial charge on any atom is -0.445 e. The van der Waals surface area contributed by atoms with Crippen LogP contribution in [0.3, 0.4) is 0 Å². The fourth-order valence-electron chi connectivity index (χ4n) is 2.15. The molecule has 154 valence electrons. The van der Waals surface area contributed by atoms with E-state index in [0.29, 0.717) is 12.2 Å². The summed E-state index contributed by atoms with van der Waals surface area (Å²) < 4.78 is 5.15. The Hall–Kier alpha value is -3.30. The molecule has 0 heterocycles. The highest BCUT2D eigenvalue weighted by Gasteiger charge is 2.19. The van der Waals surface area contributed by atoms with Crippen molar-refractivity contribution >= 4 is 29.6 Å². The highest BCUT2D eigenvalue weighted by Crippen LogP contribution is 2.12. The molecule has 1 aromatic rings. The average Bonchev–Trinajstić information content (AvgIpc) is 2.65. The third-order valence-electron chi connectivity index (χ3n) is 3.80. The Labute approximate surface area is 163 Å². The maximum Gasteiger partial charge on any atom is 0.409 e. The first-order chi connectivity index (χ1) is 13.2. The van der Waals surface area contributed by atoms with Gasteiger partial charge < -0.3 is 31.3 Å². The van der Waals surface area contributed by atoms with Crippen LogP contribution in [0.1, 0.15) is 25.8 Å². The van der Waals surface area contributed by atoms with Gasteiger partial charge in [-0.15, -0.1) is 0 Å². The van der Waals surface area contributed by atoms with E-state index in [1.54, 1.807) is 31.3 Å². The van der Waals surface area contributed by atoms with E-state index in [1.165, 1.54) is 11.8 Å². The lowest BCUT2D eigenvalue weighted by Gasteiger charge is -2.18. The lowest BCUT2D eigenvalue weighted by molar-refractivity contribution is -0.125. The van der Waals surface area contributed by atoms with E-state index in [1.807, 2.05) is 6.92 Å². The number of rotatable bonds is 9. The molecule has 0 fully saturated rings. The van der Waals surface area contributed by atoms with Crippen LogP contribution in [0.25, 0.3) is 0 Å². The molecule has 1 aromatic carbocycles. The number of amides is 5. The fraction of sp³-hybridized carbons (Fsp3) is 0.444. The molecule has 0 aromatic heterocycles. The molecule has 1 rings (SSSR count). The second-order valence-corrected chi connectivity index (χ2v) is 6.09. The van der Waals surface area contributed by atoms with Gasteiger partial charge in [-0.05, 0) is 31.0 Å². The van der Waals surface area contributed by atoms with Crippen molar-refractivity contribution in [2.45, 2.75) is 32.9 Å². The van der Waals surface area contributed by atoms with Crippen LogP contribution in [0, 0.1) is 0 Å². The van der Waals surface area contributed by atoms with Gasteiger partial charge in [0.05, 0.1) is 0 Å². The average molecular weight is 393 g/mol. The third-order valence-corrected chi connectivity index (χ3v) is 3.80. The van der Waals surface area contributed by atoms with Crippen molar-refractivity contribution in [3.05, 3.63) is 29.8 Å². The zero-order valence-electron chi connectivity index (χ0n) is 16.3. The van der Waals surface area contributed by atoms with Crippen LogP contribution in [0.5, 0.6) is 0 Å². The van der Waals surface area contributed by atoms with E-state index in [-0.39, 0.29) is 25.5 Å². The number of urea groups is 1. The zero-order valence-corrected chi connectivity index (χ0v) is 16.3. The predicted molar refractivity (Wildman–Crippen MR) is 103 cm³/mol. The van der Waals surface area contributed by atoms with Crippen molar-refractivity contribution in [1.29, 1.82) is 0 Å². The van der Waals surface area contributed by atoms with Crippen LogP contribution in [0.15, 0.2) is 24.3 Å². The molecular formula is C18H27N5O5. The number of nitrogens with one attached hydrogen (secondary N) is 3. The molecule has 0 aliphatic carbocycles. The zero-order chi connectivity index (χ0) is 21.1. The maximum absolute atomic E-state index is 12.4. The van der Waals surface area contributed by atoms with E-state index >= 15 is 0 Å². The van der Waals surface area contributed by atoms with Crippen LogP contribution in [0.4, 0.5) is 15.3 Å². The Kier molecular flexibility index (Phi) is 9.28. The standard InChI is InChI=1S/C18H27N5O5/c1-4-23(3)18(27)28-11-13-5-7-14(8-6-13)22-16(25)15(21-12(2)24)9-10-20-17(19)26/h5-8,15H,4,9-11H2,1-3H3,(H,21,24)(H,22,25)(H3,19,20,26)/t15-/m0/s1. The van der Waals surface area contributed by atoms with Gasteiger partial charge in [-0.25, -0.2) is 9.59 Å². The first-order valence-electron chi connectivity index (χ1n) is 8.81. The van der Waals surface area contributed by atoms with E-state index in [0.717, 1.165) is 5.56 Å². The van der Waals surface area contributed by atoms with Crippen LogP contribution in [0.2, 0.25) is 0 Å². The number of hydrogen-bond donors (Lipinski definition) is 4. The molecule has 0 saturated carbocycles. The van der Waals surface area contributed by atoms with Crippen molar-refractivity contribution in [3.63, 3.8) is 0 Å². The van der Waals surface area contributed by atoms with Crippen LogP contribution < -0.4 is 21.7 Å². The summed E-state index contributed by atoms with van der Waals surface area (Å²) in [5.74, 6) is -0.793. The van der Waals surface area contributed by atoms with Gasteiger partial charge in [0, 0.05) is 32.7 Å². The lowest BCUT2D eigenvalue weighted by atomic mass is 10.1. The molecule has 0 spiro atoms. The number of ether oxygens (including phenoxy) is 1. The Morgan fingerprint density at radius 3 is 2.36 bits per heavy atom. The molecule has 10 nitrogen and oxygen atoms in total. The largest absolute Gasteiger partial charge is 0.445 e. The fourth-order valence-corrected chi connectivity index (χ4v) is 2.15. The van der Waals surface area contributed by atoms with Crippen molar-refractivity contribution in [2.75, 3.05) is 25.5 Å². The number of anilines is 1.